The monoisotopic (exact) mass is 239 g/mol. The lowest BCUT2D eigenvalue weighted by Gasteiger charge is -2.05. The Kier molecular flexibility index (Phi) is 3.46. The van der Waals surface area contributed by atoms with E-state index < -0.39 is 5.91 Å². The van der Waals surface area contributed by atoms with Gasteiger partial charge in [-0.25, -0.2) is 0 Å². The standard InChI is InChI=1S/C11H14N2O2S/c12-11(15)8-2-1-5-13(6-8)10-4-3-9(7-14)16-10/h1-2,5-6,9-10,14H,3-4,7H2,(H-,12,15)/p+1. The zero-order valence-corrected chi connectivity index (χ0v) is 9.69. The van der Waals surface area contributed by atoms with Gasteiger partial charge in [-0.05, 0) is 12.5 Å². The van der Waals surface area contributed by atoms with Gasteiger partial charge in [-0.3, -0.25) is 4.79 Å². The molecule has 2 rings (SSSR count). The number of hydrogen-bond acceptors (Lipinski definition) is 3. The van der Waals surface area contributed by atoms with E-state index in [-0.39, 0.29) is 6.61 Å². The highest BCUT2D eigenvalue weighted by atomic mass is 32.2. The maximum Gasteiger partial charge on any atom is 0.254 e. The van der Waals surface area contributed by atoms with Crippen molar-refractivity contribution in [3.05, 3.63) is 30.1 Å². The number of aliphatic hydroxyl groups is 1. The van der Waals surface area contributed by atoms with E-state index in [9.17, 15) is 4.79 Å². The molecular formula is C11H15N2O2S+. The van der Waals surface area contributed by atoms with Crippen LogP contribution in [-0.4, -0.2) is 22.9 Å². The van der Waals surface area contributed by atoms with Crippen molar-refractivity contribution in [1.29, 1.82) is 0 Å². The van der Waals surface area contributed by atoms with Crippen molar-refractivity contribution >= 4 is 17.7 Å². The molecule has 1 fully saturated rings. The molecule has 16 heavy (non-hydrogen) atoms. The van der Waals surface area contributed by atoms with Crippen LogP contribution in [0.5, 0.6) is 0 Å². The average molecular weight is 239 g/mol. The van der Waals surface area contributed by atoms with Gasteiger partial charge in [0.1, 0.15) is 5.56 Å². The van der Waals surface area contributed by atoms with E-state index in [0.717, 1.165) is 12.8 Å². The summed E-state index contributed by atoms with van der Waals surface area (Å²) in [5.41, 5.74) is 5.76. The third-order valence-corrected chi connectivity index (χ3v) is 4.29. The van der Waals surface area contributed by atoms with E-state index in [1.54, 1.807) is 24.0 Å². The molecule has 1 aromatic rings. The quantitative estimate of drug-likeness (QED) is 0.753. The third-order valence-electron chi connectivity index (χ3n) is 2.73. The maximum atomic E-state index is 11.1. The molecule has 0 radical (unpaired) electrons. The number of nitrogens with two attached hydrogens (primary N) is 1. The third kappa shape index (κ3) is 2.36. The van der Waals surface area contributed by atoms with Crippen LogP contribution in [0, 0.1) is 0 Å². The van der Waals surface area contributed by atoms with E-state index in [2.05, 4.69) is 0 Å². The van der Waals surface area contributed by atoms with Crippen LogP contribution in [0.25, 0.3) is 0 Å². The van der Waals surface area contributed by atoms with Crippen molar-refractivity contribution < 1.29 is 14.5 Å². The number of aromatic nitrogens is 1. The molecule has 5 heteroatoms. The number of nitrogens with zero attached hydrogens (tertiary/aromatic N) is 1. The van der Waals surface area contributed by atoms with Crippen molar-refractivity contribution in [2.24, 2.45) is 5.73 Å². The number of carbonyl (C=O) groups is 1. The van der Waals surface area contributed by atoms with Crippen molar-refractivity contribution in [3.63, 3.8) is 0 Å². The predicted molar refractivity (Wildman–Crippen MR) is 61.9 cm³/mol. The van der Waals surface area contributed by atoms with Crippen molar-refractivity contribution in [3.8, 4) is 0 Å². The Morgan fingerprint density at radius 3 is 3.06 bits per heavy atom. The first-order valence-electron chi connectivity index (χ1n) is 5.27. The highest BCUT2D eigenvalue weighted by Gasteiger charge is 2.31. The minimum Gasteiger partial charge on any atom is -0.395 e. The van der Waals surface area contributed by atoms with Crippen LogP contribution in [0.3, 0.4) is 0 Å². The summed E-state index contributed by atoms with van der Waals surface area (Å²) >= 11 is 1.75. The van der Waals surface area contributed by atoms with Gasteiger partial charge in [0.25, 0.3) is 5.91 Å². The van der Waals surface area contributed by atoms with Crippen LogP contribution >= 0.6 is 11.8 Å². The SMILES string of the molecule is NC(=O)c1ccc[n+](C2CCC(CO)S2)c1. The van der Waals surface area contributed by atoms with Crippen LogP contribution < -0.4 is 10.3 Å². The zero-order valence-electron chi connectivity index (χ0n) is 8.87. The molecule has 0 saturated carbocycles. The van der Waals surface area contributed by atoms with Gasteiger partial charge in [-0.1, -0.05) is 11.8 Å². The van der Waals surface area contributed by atoms with Crippen molar-refractivity contribution in [2.75, 3.05) is 6.61 Å². The van der Waals surface area contributed by atoms with Crippen LogP contribution in [0.15, 0.2) is 24.5 Å². The molecule has 4 nitrogen and oxygen atoms in total. The van der Waals surface area contributed by atoms with E-state index in [4.69, 9.17) is 10.8 Å². The molecule has 86 valence electrons. The molecule has 1 amide bonds. The number of primary amides is 1. The minimum atomic E-state index is -0.406. The summed E-state index contributed by atoms with van der Waals surface area (Å²) in [6.45, 7) is 0.219. The van der Waals surface area contributed by atoms with Gasteiger partial charge in [-0.15, -0.1) is 0 Å². The largest absolute Gasteiger partial charge is 0.395 e. The van der Waals surface area contributed by atoms with Crippen LogP contribution in [0.1, 0.15) is 28.6 Å². The number of thioether (sulfide) groups is 1. The second-order valence-corrected chi connectivity index (χ2v) is 5.36. The number of hydrogen-bond donors (Lipinski definition) is 2. The molecule has 0 aromatic carbocycles. The Hall–Kier alpha value is -1.07. The molecule has 0 aliphatic carbocycles. The molecule has 0 spiro atoms. The summed E-state index contributed by atoms with van der Waals surface area (Å²) in [4.78, 5) is 11.1. The van der Waals surface area contributed by atoms with Crippen molar-refractivity contribution in [1.82, 2.24) is 0 Å². The van der Waals surface area contributed by atoms with Gasteiger partial charge in [0, 0.05) is 17.7 Å². The topological polar surface area (TPSA) is 67.2 Å². The lowest BCUT2D eigenvalue weighted by Crippen LogP contribution is -2.37. The number of carbonyl (C=O) groups excluding carboxylic acids is 1. The summed E-state index contributed by atoms with van der Waals surface area (Å²) in [5, 5.41) is 9.69. The summed E-state index contributed by atoms with van der Waals surface area (Å²) in [7, 11) is 0. The first kappa shape index (κ1) is 11.4. The average Bonchev–Trinajstić information content (AvgIpc) is 2.77. The summed E-state index contributed by atoms with van der Waals surface area (Å²) in [6, 6.07) is 3.54. The zero-order chi connectivity index (χ0) is 11.5. The van der Waals surface area contributed by atoms with Gasteiger partial charge in [0.15, 0.2) is 12.4 Å². The molecule has 2 unspecified atom stereocenters. The van der Waals surface area contributed by atoms with E-state index >= 15 is 0 Å². The van der Waals surface area contributed by atoms with E-state index in [1.165, 1.54) is 0 Å². The van der Waals surface area contributed by atoms with Gasteiger partial charge in [0.2, 0.25) is 5.37 Å². The van der Waals surface area contributed by atoms with Crippen LogP contribution in [0.4, 0.5) is 0 Å². The molecule has 2 atom stereocenters. The molecule has 1 aliphatic rings. The minimum absolute atomic E-state index is 0.219. The lowest BCUT2D eigenvalue weighted by molar-refractivity contribution is -0.699. The normalized spacial score (nSPS) is 24.6. The summed E-state index contributed by atoms with van der Waals surface area (Å²) < 4.78 is 2.00. The highest BCUT2D eigenvalue weighted by molar-refractivity contribution is 8.00. The Balaban J connectivity index is 2.15. The Morgan fingerprint density at radius 1 is 1.62 bits per heavy atom. The Labute approximate surface area is 98.5 Å². The van der Waals surface area contributed by atoms with Crippen LogP contribution in [-0.2, 0) is 0 Å². The molecule has 3 N–H and O–H groups in total. The molecule has 0 bridgehead atoms. The Bertz CT molecular complexity index is 397. The first-order chi connectivity index (χ1) is 7.70. The van der Waals surface area contributed by atoms with Gasteiger partial charge >= 0.3 is 0 Å². The van der Waals surface area contributed by atoms with Crippen LogP contribution in [0.2, 0.25) is 0 Å². The smallest absolute Gasteiger partial charge is 0.254 e. The molecule has 2 heterocycles. The second-order valence-electron chi connectivity index (χ2n) is 3.88. The number of rotatable bonds is 3. The predicted octanol–water partition coefficient (Wildman–Crippen LogP) is 0.459. The van der Waals surface area contributed by atoms with E-state index in [1.807, 2.05) is 16.8 Å². The molecular weight excluding hydrogens is 224 g/mol. The number of aliphatic hydroxyl groups excluding tert-OH is 1. The molecule has 1 aromatic heterocycles. The lowest BCUT2D eigenvalue weighted by atomic mass is 10.2. The molecule has 1 saturated heterocycles. The molecule has 1 aliphatic heterocycles. The first-order valence-corrected chi connectivity index (χ1v) is 6.22. The second kappa shape index (κ2) is 4.84. The highest BCUT2D eigenvalue weighted by Crippen LogP contribution is 2.37. The van der Waals surface area contributed by atoms with Crippen molar-refractivity contribution in [2.45, 2.75) is 23.5 Å². The van der Waals surface area contributed by atoms with E-state index in [0.29, 0.717) is 16.2 Å². The summed E-state index contributed by atoms with van der Waals surface area (Å²) in [5.74, 6) is -0.406. The fourth-order valence-electron chi connectivity index (χ4n) is 1.86. The van der Waals surface area contributed by atoms with Gasteiger partial charge < -0.3 is 10.8 Å². The van der Waals surface area contributed by atoms with Gasteiger partial charge in [-0.2, -0.15) is 4.57 Å². The fourth-order valence-corrected chi connectivity index (χ4v) is 3.20. The van der Waals surface area contributed by atoms with Gasteiger partial charge in [0.05, 0.1) is 6.61 Å². The fraction of sp³-hybridized carbons (Fsp3) is 0.455. The number of amides is 1. The number of pyridine rings is 1. The maximum absolute atomic E-state index is 11.1. The Morgan fingerprint density at radius 2 is 2.44 bits per heavy atom. The summed E-state index contributed by atoms with van der Waals surface area (Å²) in [6.07, 6.45) is 5.74.